The largest absolute Gasteiger partial charge is 0.467 e. The van der Waals surface area contributed by atoms with Gasteiger partial charge in [0, 0.05) is 17.3 Å². The summed E-state index contributed by atoms with van der Waals surface area (Å²) >= 11 is 8.48. The maximum atomic E-state index is 13.2. The van der Waals surface area contributed by atoms with Gasteiger partial charge < -0.3 is 9.15 Å². The maximum Gasteiger partial charge on any atom is 0.337 e. The van der Waals surface area contributed by atoms with Gasteiger partial charge in [-0.3, -0.25) is 9.36 Å². The van der Waals surface area contributed by atoms with Gasteiger partial charge in [-0.05, 0) is 30.3 Å². The van der Waals surface area contributed by atoms with Gasteiger partial charge in [0.1, 0.15) is 15.8 Å². The molecule has 0 spiro atoms. The summed E-state index contributed by atoms with van der Waals surface area (Å²) in [5, 5.41) is 4.83. The molecule has 0 aliphatic heterocycles. The topological polar surface area (TPSA) is 100 Å². The monoisotopic (exact) mass is 448 g/mol. The van der Waals surface area contributed by atoms with E-state index in [-0.39, 0.29) is 12.1 Å². The van der Waals surface area contributed by atoms with Crippen LogP contribution in [-0.2, 0) is 17.0 Å². The van der Waals surface area contributed by atoms with Gasteiger partial charge in [0.2, 0.25) is 0 Å². The molecule has 4 rings (SSSR count). The molecule has 0 amide bonds. The van der Waals surface area contributed by atoms with Gasteiger partial charge in [-0.25, -0.2) is 9.78 Å². The normalized spacial score (nSPS) is 11.1. The summed E-state index contributed by atoms with van der Waals surface area (Å²) in [7, 11) is 1.30. The molecule has 3 heterocycles. The summed E-state index contributed by atoms with van der Waals surface area (Å²) in [5.41, 5.74) is 1.09. The van der Waals surface area contributed by atoms with E-state index in [1.165, 1.54) is 23.4 Å². The van der Waals surface area contributed by atoms with Crippen molar-refractivity contribution in [2.45, 2.75) is 17.5 Å². The van der Waals surface area contributed by atoms with Crippen LogP contribution in [0.1, 0.15) is 21.8 Å². The van der Waals surface area contributed by atoms with Gasteiger partial charge in [-0.1, -0.05) is 27.9 Å². The predicted molar refractivity (Wildman–Crippen MR) is 110 cm³/mol. The minimum absolute atomic E-state index is 0.221. The molecule has 0 aliphatic rings. The van der Waals surface area contributed by atoms with Gasteiger partial charge in [0.25, 0.3) is 5.56 Å². The number of rotatable bonds is 6. The van der Waals surface area contributed by atoms with Crippen molar-refractivity contribution in [1.29, 1.82) is 0 Å². The van der Waals surface area contributed by atoms with Crippen LogP contribution in [0.25, 0.3) is 10.9 Å². The van der Waals surface area contributed by atoms with Crippen LogP contribution in [0, 0.1) is 0 Å². The second-order valence-corrected chi connectivity index (χ2v) is 8.17. The van der Waals surface area contributed by atoms with Gasteiger partial charge in [0.15, 0.2) is 5.16 Å². The Morgan fingerprint density at radius 2 is 2.24 bits per heavy atom. The van der Waals surface area contributed by atoms with Crippen LogP contribution < -0.4 is 5.56 Å². The van der Waals surface area contributed by atoms with Crippen LogP contribution in [0.4, 0.5) is 0 Å². The Morgan fingerprint density at radius 3 is 2.93 bits per heavy atom. The second-order valence-electron chi connectivity index (χ2n) is 5.87. The van der Waals surface area contributed by atoms with Gasteiger partial charge >= 0.3 is 5.97 Å². The number of benzene rings is 1. The van der Waals surface area contributed by atoms with E-state index >= 15 is 0 Å². The van der Waals surface area contributed by atoms with Crippen LogP contribution in [0.3, 0.4) is 0 Å². The van der Waals surface area contributed by atoms with E-state index in [2.05, 4.69) is 14.6 Å². The number of esters is 1. The first kappa shape index (κ1) is 19.6. The number of ether oxygens (including phenoxy) is 1. The molecule has 0 radical (unpaired) electrons. The highest BCUT2D eigenvalue weighted by atomic mass is 35.5. The molecular weight excluding hydrogens is 436 g/mol. The summed E-state index contributed by atoms with van der Waals surface area (Å²) in [6.45, 7) is 0.221. The van der Waals surface area contributed by atoms with Crippen molar-refractivity contribution in [3.05, 3.63) is 68.3 Å². The lowest BCUT2D eigenvalue weighted by Gasteiger charge is -2.12. The number of carbonyl (C=O) groups excluding carboxylic acids is 1. The molecule has 0 aliphatic carbocycles. The third-order valence-electron chi connectivity index (χ3n) is 4.08. The molecule has 0 saturated carbocycles. The number of thioether (sulfide) groups is 1. The highest BCUT2D eigenvalue weighted by Crippen LogP contribution is 2.27. The zero-order valence-electron chi connectivity index (χ0n) is 15.0. The first-order chi connectivity index (χ1) is 14.1. The summed E-state index contributed by atoms with van der Waals surface area (Å²) in [4.78, 5) is 29.6. The Morgan fingerprint density at radius 1 is 1.38 bits per heavy atom. The number of methoxy groups -OCH3 is 1. The average molecular weight is 449 g/mol. The number of carbonyl (C=O) groups is 1. The molecule has 0 bridgehead atoms. The predicted octanol–water partition coefficient (Wildman–Crippen LogP) is 3.62. The van der Waals surface area contributed by atoms with Crippen molar-refractivity contribution >= 4 is 51.8 Å². The molecule has 4 aromatic rings. The van der Waals surface area contributed by atoms with Crippen molar-refractivity contribution in [3.63, 3.8) is 0 Å². The highest BCUT2D eigenvalue weighted by Gasteiger charge is 2.17. The summed E-state index contributed by atoms with van der Waals surface area (Å²) in [6, 6.07) is 8.20. The molecule has 8 nitrogen and oxygen atoms in total. The van der Waals surface area contributed by atoms with E-state index < -0.39 is 5.97 Å². The van der Waals surface area contributed by atoms with E-state index in [9.17, 15) is 9.59 Å². The molecule has 0 fully saturated rings. The summed E-state index contributed by atoms with van der Waals surface area (Å²) in [5.74, 6) is 0.514. The molecule has 148 valence electrons. The number of halogens is 1. The minimum atomic E-state index is -0.497. The Balaban J connectivity index is 1.80. The van der Waals surface area contributed by atoms with E-state index in [1.807, 2.05) is 0 Å². The van der Waals surface area contributed by atoms with Crippen molar-refractivity contribution < 1.29 is 13.9 Å². The first-order valence-electron chi connectivity index (χ1n) is 8.31. The lowest BCUT2D eigenvalue weighted by Crippen LogP contribution is -2.24. The van der Waals surface area contributed by atoms with Crippen LogP contribution in [-0.4, -0.2) is 32.2 Å². The number of hydrogen-bond acceptors (Lipinski definition) is 9. The number of nitrogens with zero attached hydrogens (tertiary/aromatic N) is 4. The van der Waals surface area contributed by atoms with Crippen molar-refractivity contribution in [3.8, 4) is 0 Å². The summed E-state index contributed by atoms with van der Waals surface area (Å²) < 4.78 is 16.0. The lowest BCUT2D eigenvalue weighted by molar-refractivity contribution is 0.0601. The van der Waals surface area contributed by atoms with Gasteiger partial charge in [-0.15, -0.1) is 5.10 Å². The molecule has 11 heteroatoms. The Labute approximate surface area is 177 Å². The zero-order chi connectivity index (χ0) is 20.4. The summed E-state index contributed by atoms with van der Waals surface area (Å²) in [6.07, 6.45) is 1.55. The van der Waals surface area contributed by atoms with Crippen LogP contribution >= 0.6 is 34.9 Å². The van der Waals surface area contributed by atoms with E-state index in [0.29, 0.717) is 43.2 Å². The molecule has 1 aromatic carbocycles. The third kappa shape index (κ3) is 4.04. The first-order valence-corrected chi connectivity index (χ1v) is 10.5. The molecule has 0 N–H and O–H groups in total. The van der Waals surface area contributed by atoms with E-state index in [4.69, 9.17) is 20.8 Å². The third-order valence-corrected chi connectivity index (χ3v) is 6.05. The average Bonchev–Trinajstić information content (AvgIpc) is 3.39. The van der Waals surface area contributed by atoms with Crippen LogP contribution in [0.5, 0.6) is 0 Å². The number of aromatic nitrogens is 4. The van der Waals surface area contributed by atoms with Crippen molar-refractivity contribution in [2.75, 3.05) is 7.11 Å². The van der Waals surface area contributed by atoms with Gasteiger partial charge in [0.05, 0.1) is 36.4 Å². The molecule has 0 unspecified atom stereocenters. The van der Waals surface area contributed by atoms with E-state index in [1.54, 1.807) is 36.6 Å². The quantitative estimate of drug-likeness (QED) is 0.250. The Hall–Kier alpha value is -2.69. The zero-order valence-corrected chi connectivity index (χ0v) is 17.4. The molecule has 0 atom stereocenters. The van der Waals surface area contributed by atoms with Gasteiger partial charge in [-0.2, -0.15) is 0 Å². The lowest BCUT2D eigenvalue weighted by atomic mass is 10.1. The minimum Gasteiger partial charge on any atom is -0.467 e. The fourth-order valence-electron chi connectivity index (χ4n) is 2.67. The fraction of sp³-hybridized carbons (Fsp3) is 0.167. The smallest absolute Gasteiger partial charge is 0.337 e. The molecule has 29 heavy (non-hydrogen) atoms. The van der Waals surface area contributed by atoms with E-state index in [0.717, 1.165) is 11.5 Å². The number of hydrogen-bond donors (Lipinski definition) is 0. The number of fused-ring (bicyclic) bond motifs is 1. The maximum absolute atomic E-state index is 13.2. The van der Waals surface area contributed by atoms with Crippen molar-refractivity contribution in [2.24, 2.45) is 0 Å². The highest BCUT2D eigenvalue weighted by molar-refractivity contribution is 7.98. The van der Waals surface area contributed by atoms with Crippen LogP contribution in [0.2, 0.25) is 4.34 Å². The fourth-order valence-corrected chi connectivity index (χ4v) is 4.40. The van der Waals surface area contributed by atoms with Crippen LogP contribution in [0.15, 0.2) is 51.0 Å². The SMILES string of the molecule is COC(=O)c1ccc2c(=O)n(Cc3ccco3)c(SCc3nnsc3Cl)nc2c1. The number of furan rings is 1. The second kappa shape index (κ2) is 8.36. The Bertz CT molecular complexity index is 1240. The standard InChI is InChI=1S/C18H13ClN4O4S2/c1-26-17(25)10-4-5-12-13(7-10)20-18(28-9-14-15(19)29-22-21-14)23(16(12)24)8-11-3-2-6-27-11/h2-7H,8-9H2,1H3. The molecule has 3 aromatic heterocycles. The molecule has 0 saturated heterocycles. The Kier molecular flexibility index (Phi) is 5.65. The molecular formula is C18H13ClN4O4S2. The van der Waals surface area contributed by atoms with Crippen molar-refractivity contribution in [1.82, 2.24) is 19.1 Å².